The molecule has 0 unspecified atom stereocenters. The Hall–Kier alpha value is -0.700. The molecule has 0 aromatic heterocycles. The van der Waals surface area contributed by atoms with Crippen molar-refractivity contribution in [1.82, 2.24) is 0 Å². The van der Waals surface area contributed by atoms with Crippen molar-refractivity contribution in [2.45, 2.75) is 12.8 Å². The van der Waals surface area contributed by atoms with Crippen LogP contribution in [0, 0.1) is 0 Å². The third kappa shape index (κ3) is 1.18. The molecule has 12 heavy (non-hydrogen) atoms. The van der Waals surface area contributed by atoms with Crippen LogP contribution in [-0.2, 0) is 6.42 Å². The van der Waals surface area contributed by atoms with Crippen LogP contribution in [0.5, 0.6) is 5.75 Å². The van der Waals surface area contributed by atoms with Gasteiger partial charge in [0.1, 0.15) is 5.75 Å². The van der Waals surface area contributed by atoms with Crippen LogP contribution >= 0.6 is 15.9 Å². The SMILES string of the molecule is Oc1ccc2c(c1Br)NCCC2. The highest BCUT2D eigenvalue weighted by atomic mass is 79.9. The standard InChI is InChI=1S/C9H10BrNO/c10-8-7(12)4-3-6-2-1-5-11-9(6)8/h3-4,11-12H,1-2,5H2. The minimum atomic E-state index is 0.308. The summed E-state index contributed by atoms with van der Waals surface area (Å²) in [6.07, 6.45) is 2.27. The Morgan fingerprint density at radius 3 is 3.08 bits per heavy atom. The van der Waals surface area contributed by atoms with Crippen LogP contribution in [0.25, 0.3) is 0 Å². The molecule has 3 heteroatoms. The fourth-order valence-electron chi connectivity index (χ4n) is 1.50. The summed E-state index contributed by atoms with van der Waals surface area (Å²) in [5.74, 6) is 0.308. The van der Waals surface area contributed by atoms with E-state index in [1.54, 1.807) is 6.07 Å². The molecule has 1 aromatic carbocycles. The predicted molar refractivity (Wildman–Crippen MR) is 52.6 cm³/mol. The molecule has 0 bridgehead atoms. The minimum absolute atomic E-state index is 0.308. The lowest BCUT2D eigenvalue weighted by Crippen LogP contribution is -2.11. The molecule has 0 radical (unpaired) electrons. The van der Waals surface area contributed by atoms with Crippen LogP contribution in [0.15, 0.2) is 16.6 Å². The lowest BCUT2D eigenvalue weighted by Gasteiger charge is -2.19. The van der Waals surface area contributed by atoms with Crippen molar-refractivity contribution in [2.75, 3.05) is 11.9 Å². The summed E-state index contributed by atoms with van der Waals surface area (Å²) in [5.41, 5.74) is 2.34. The summed E-state index contributed by atoms with van der Waals surface area (Å²) in [6, 6.07) is 3.71. The number of phenolic OH excluding ortho intramolecular Hbond substituents is 1. The molecule has 2 rings (SSSR count). The smallest absolute Gasteiger partial charge is 0.131 e. The second-order valence-corrected chi connectivity index (χ2v) is 3.76. The van der Waals surface area contributed by atoms with Gasteiger partial charge in [-0.1, -0.05) is 6.07 Å². The van der Waals surface area contributed by atoms with E-state index < -0.39 is 0 Å². The maximum Gasteiger partial charge on any atom is 0.131 e. The summed E-state index contributed by atoms with van der Waals surface area (Å²) in [6.45, 7) is 0.995. The zero-order chi connectivity index (χ0) is 8.55. The highest BCUT2D eigenvalue weighted by molar-refractivity contribution is 9.10. The van der Waals surface area contributed by atoms with Crippen LogP contribution in [0.2, 0.25) is 0 Å². The Labute approximate surface area is 79.7 Å². The number of hydrogen-bond acceptors (Lipinski definition) is 2. The van der Waals surface area contributed by atoms with Crippen LogP contribution in [0.4, 0.5) is 5.69 Å². The lowest BCUT2D eigenvalue weighted by molar-refractivity contribution is 0.471. The lowest BCUT2D eigenvalue weighted by atomic mass is 10.0. The average molecular weight is 228 g/mol. The first kappa shape index (κ1) is 7.92. The zero-order valence-electron chi connectivity index (χ0n) is 6.60. The summed E-state index contributed by atoms with van der Waals surface area (Å²) < 4.78 is 0.791. The van der Waals surface area contributed by atoms with E-state index in [2.05, 4.69) is 21.2 Å². The predicted octanol–water partition coefficient (Wildman–Crippen LogP) is 2.51. The van der Waals surface area contributed by atoms with Gasteiger partial charge in [-0.05, 0) is 40.4 Å². The number of phenols is 1. The largest absolute Gasteiger partial charge is 0.507 e. The van der Waals surface area contributed by atoms with Gasteiger partial charge in [-0.15, -0.1) is 0 Å². The van der Waals surface area contributed by atoms with Gasteiger partial charge < -0.3 is 10.4 Å². The van der Waals surface area contributed by atoms with Crippen molar-refractivity contribution < 1.29 is 5.11 Å². The van der Waals surface area contributed by atoms with Crippen molar-refractivity contribution in [3.63, 3.8) is 0 Å². The zero-order valence-corrected chi connectivity index (χ0v) is 8.19. The van der Waals surface area contributed by atoms with Crippen molar-refractivity contribution >= 4 is 21.6 Å². The Kier molecular flexibility index (Phi) is 1.97. The van der Waals surface area contributed by atoms with E-state index in [1.807, 2.05) is 6.07 Å². The van der Waals surface area contributed by atoms with Gasteiger partial charge in [0, 0.05) is 6.54 Å². The van der Waals surface area contributed by atoms with Gasteiger partial charge in [-0.3, -0.25) is 0 Å². The monoisotopic (exact) mass is 227 g/mol. The van der Waals surface area contributed by atoms with Crippen LogP contribution in [0.1, 0.15) is 12.0 Å². The van der Waals surface area contributed by atoms with E-state index in [0.29, 0.717) is 5.75 Å². The molecule has 0 spiro atoms. The molecule has 0 aliphatic carbocycles. The van der Waals surface area contributed by atoms with E-state index in [9.17, 15) is 5.11 Å². The summed E-state index contributed by atoms with van der Waals surface area (Å²) >= 11 is 3.35. The topological polar surface area (TPSA) is 32.3 Å². The van der Waals surface area contributed by atoms with Crippen LogP contribution in [-0.4, -0.2) is 11.7 Å². The molecule has 0 saturated heterocycles. The molecule has 0 fully saturated rings. The van der Waals surface area contributed by atoms with Crippen LogP contribution < -0.4 is 5.32 Å². The van der Waals surface area contributed by atoms with Gasteiger partial charge in [0.2, 0.25) is 0 Å². The second-order valence-electron chi connectivity index (χ2n) is 2.96. The molecule has 64 valence electrons. The molecule has 1 aromatic rings. The number of hydrogen-bond donors (Lipinski definition) is 2. The van der Waals surface area contributed by atoms with E-state index in [4.69, 9.17) is 0 Å². The third-order valence-corrected chi connectivity index (χ3v) is 2.94. The van der Waals surface area contributed by atoms with Gasteiger partial charge in [0.05, 0.1) is 10.2 Å². The summed E-state index contributed by atoms with van der Waals surface area (Å²) in [4.78, 5) is 0. The number of anilines is 1. The van der Waals surface area contributed by atoms with Crippen molar-refractivity contribution in [3.05, 3.63) is 22.2 Å². The number of benzene rings is 1. The molecule has 1 heterocycles. The number of fused-ring (bicyclic) bond motifs is 1. The van der Waals surface area contributed by atoms with Crippen molar-refractivity contribution in [1.29, 1.82) is 0 Å². The maximum atomic E-state index is 9.39. The second kappa shape index (κ2) is 2.98. The first-order chi connectivity index (χ1) is 5.79. The Bertz CT molecular complexity index is 312. The highest BCUT2D eigenvalue weighted by Crippen LogP contribution is 2.36. The molecule has 1 aliphatic rings. The maximum absolute atomic E-state index is 9.39. The average Bonchev–Trinajstić information content (AvgIpc) is 2.12. The fraction of sp³-hybridized carbons (Fsp3) is 0.333. The molecular weight excluding hydrogens is 218 g/mol. The number of nitrogens with one attached hydrogen (secondary N) is 1. The summed E-state index contributed by atoms with van der Waals surface area (Å²) in [5, 5.41) is 12.7. The number of aryl methyl sites for hydroxylation is 1. The summed E-state index contributed by atoms with van der Waals surface area (Å²) in [7, 11) is 0. The first-order valence-corrected chi connectivity index (χ1v) is 4.82. The van der Waals surface area contributed by atoms with Crippen molar-refractivity contribution in [3.8, 4) is 5.75 Å². The molecule has 2 N–H and O–H groups in total. The molecule has 0 atom stereocenters. The Morgan fingerprint density at radius 2 is 2.25 bits per heavy atom. The number of halogens is 1. The highest BCUT2D eigenvalue weighted by Gasteiger charge is 2.13. The van der Waals surface area contributed by atoms with E-state index in [0.717, 1.165) is 23.1 Å². The van der Waals surface area contributed by atoms with Gasteiger partial charge in [0.15, 0.2) is 0 Å². The molecule has 0 saturated carbocycles. The fourth-order valence-corrected chi connectivity index (χ4v) is 2.02. The van der Waals surface area contributed by atoms with E-state index in [-0.39, 0.29) is 0 Å². The quantitative estimate of drug-likeness (QED) is 0.715. The van der Waals surface area contributed by atoms with Gasteiger partial charge >= 0.3 is 0 Å². The third-order valence-electron chi connectivity index (χ3n) is 2.13. The van der Waals surface area contributed by atoms with Gasteiger partial charge in [0.25, 0.3) is 0 Å². The Morgan fingerprint density at radius 1 is 1.42 bits per heavy atom. The molecular formula is C9H10BrNO. The number of rotatable bonds is 0. The van der Waals surface area contributed by atoms with Gasteiger partial charge in [-0.25, -0.2) is 0 Å². The normalized spacial score (nSPS) is 15.1. The Balaban J connectivity index is 2.54. The van der Waals surface area contributed by atoms with Gasteiger partial charge in [-0.2, -0.15) is 0 Å². The molecule has 1 aliphatic heterocycles. The number of aromatic hydroxyl groups is 1. The minimum Gasteiger partial charge on any atom is -0.507 e. The van der Waals surface area contributed by atoms with E-state index in [1.165, 1.54) is 12.0 Å². The van der Waals surface area contributed by atoms with Crippen LogP contribution in [0.3, 0.4) is 0 Å². The van der Waals surface area contributed by atoms with E-state index >= 15 is 0 Å². The molecule has 0 amide bonds. The molecule has 2 nitrogen and oxygen atoms in total. The van der Waals surface area contributed by atoms with Crippen molar-refractivity contribution in [2.24, 2.45) is 0 Å². The first-order valence-electron chi connectivity index (χ1n) is 4.03.